The first-order chi connectivity index (χ1) is 9.34. The molecule has 2 rings (SSSR count). The van der Waals surface area contributed by atoms with Crippen LogP contribution in [0, 0.1) is 5.41 Å². The number of carboxylic acid groups (broad SMARTS) is 1. The van der Waals surface area contributed by atoms with Gasteiger partial charge in [-0.05, 0) is 41.1 Å². The summed E-state index contributed by atoms with van der Waals surface area (Å²) in [5.74, 6) is -1.42. The highest BCUT2D eigenvalue weighted by atomic mass is 79.9. The number of anilines is 1. The fourth-order valence-corrected chi connectivity index (χ4v) is 2.55. The Kier molecular flexibility index (Phi) is 4.01. The number of benzene rings is 1. The van der Waals surface area contributed by atoms with Crippen molar-refractivity contribution in [3.63, 3.8) is 0 Å². The van der Waals surface area contributed by atoms with Crippen LogP contribution in [-0.2, 0) is 9.53 Å². The first-order valence-corrected chi connectivity index (χ1v) is 6.81. The number of nitrogens with two attached hydrogens (primary N) is 1. The summed E-state index contributed by atoms with van der Waals surface area (Å²) in [5, 5.41) is 12.5. The van der Waals surface area contributed by atoms with Crippen molar-refractivity contribution in [2.45, 2.75) is 13.0 Å². The number of carbonyl (C=O) groups is 2. The Morgan fingerprint density at radius 3 is 2.80 bits per heavy atom. The molecule has 2 unspecified atom stereocenters. The molecule has 1 aliphatic heterocycles. The van der Waals surface area contributed by atoms with Crippen LogP contribution in [0.3, 0.4) is 0 Å². The SMILES string of the molecule is CC1(C(=O)O)COCC1Nc1ccc(C(N)=O)cc1Br. The zero-order chi connectivity index (χ0) is 14.9. The fraction of sp³-hybridized carbons (Fsp3) is 0.385. The first kappa shape index (κ1) is 14.8. The molecule has 6 nitrogen and oxygen atoms in total. The molecule has 0 radical (unpaired) electrons. The van der Waals surface area contributed by atoms with Gasteiger partial charge in [0.2, 0.25) is 5.91 Å². The van der Waals surface area contributed by atoms with E-state index in [1.807, 2.05) is 0 Å². The third-order valence-electron chi connectivity index (χ3n) is 3.53. The summed E-state index contributed by atoms with van der Waals surface area (Å²) in [6, 6.07) is 4.52. The van der Waals surface area contributed by atoms with E-state index in [0.29, 0.717) is 22.3 Å². The van der Waals surface area contributed by atoms with Gasteiger partial charge in [-0.15, -0.1) is 0 Å². The Morgan fingerprint density at radius 1 is 1.55 bits per heavy atom. The molecule has 108 valence electrons. The molecule has 20 heavy (non-hydrogen) atoms. The van der Waals surface area contributed by atoms with Crippen LogP contribution in [0.15, 0.2) is 22.7 Å². The fourth-order valence-electron chi connectivity index (χ4n) is 2.06. The first-order valence-electron chi connectivity index (χ1n) is 6.01. The predicted molar refractivity (Wildman–Crippen MR) is 76.6 cm³/mol. The molecule has 1 amide bonds. The molecule has 0 bridgehead atoms. The molecule has 2 atom stereocenters. The number of aliphatic carboxylic acids is 1. The molecule has 1 fully saturated rings. The second kappa shape index (κ2) is 5.41. The Hall–Kier alpha value is -1.60. The van der Waals surface area contributed by atoms with Crippen molar-refractivity contribution >= 4 is 33.5 Å². The predicted octanol–water partition coefficient (Wildman–Crippen LogP) is 1.45. The minimum absolute atomic E-state index is 0.164. The normalized spacial score (nSPS) is 25.4. The van der Waals surface area contributed by atoms with Crippen molar-refractivity contribution < 1.29 is 19.4 Å². The third-order valence-corrected chi connectivity index (χ3v) is 4.18. The molecule has 7 heteroatoms. The highest BCUT2D eigenvalue weighted by Gasteiger charge is 2.46. The van der Waals surface area contributed by atoms with Crippen LogP contribution in [0.25, 0.3) is 0 Å². The van der Waals surface area contributed by atoms with Gasteiger partial charge in [0.1, 0.15) is 5.41 Å². The van der Waals surface area contributed by atoms with E-state index in [2.05, 4.69) is 21.2 Å². The second-order valence-corrected chi connectivity index (χ2v) is 5.85. The van der Waals surface area contributed by atoms with Crippen molar-refractivity contribution in [3.8, 4) is 0 Å². The van der Waals surface area contributed by atoms with Crippen LogP contribution in [-0.4, -0.2) is 36.2 Å². The number of amides is 1. The van der Waals surface area contributed by atoms with E-state index >= 15 is 0 Å². The van der Waals surface area contributed by atoms with Gasteiger partial charge in [-0.1, -0.05) is 0 Å². The maximum absolute atomic E-state index is 11.4. The number of carboxylic acids is 1. The van der Waals surface area contributed by atoms with E-state index in [0.717, 1.165) is 0 Å². The molecule has 1 heterocycles. The van der Waals surface area contributed by atoms with Gasteiger partial charge in [0, 0.05) is 15.7 Å². The maximum atomic E-state index is 11.4. The maximum Gasteiger partial charge on any atom is 0.313 e. The molecule has 1 aliphatic rings. The minimum atomic E-state index is -0.984. The van der Waals surface area contributed by atoms with Gasteiger partial charge in [0.15, 0.2) is 0 Å². The standard InChI is InChI=1S/C13H15BrN2O4/c1-13(12(18)19)6-20-5-10(13)16-9-3-2-7(11(15)17)4-8(9)14/h2-4,10,16H,5-6H2,1H3,(H2,15,17)(H,18,19). The van der Waals surface area contributed by atoms with Gasteiger partial charge in [-0.25, -0.2) is 0 Å². The number of ether oxygens (including phenoxy) is 1. The molecule has 0 saturated carbocycles. The number of nitrogens with one attached hydrogen (secondary N) is 1. The molecule has 0 aliphatic carbocycles. The van der Waals surface area contributed by atoms with E-state index < -0.39 is 17.3 Å². The zero-order valence-electron chi connectivity index (χ0n) is 10.9. The van der Waals surface area contributed by atoms with Crippen LogP contribution in [0.2, 0.25) is 0 Å². The largest absolute Gasteiger partial charge is 0.481 e. The summed E-state index contributed by atoms with van der Waals surface area (Å²) in [4.78, 5) is 22.4. The molecule has 0 aromatic heterocycles. The number of hydrogen-bond donors (Lipinski definition) is 3. The van der Waals surface area contributed by atoms with Gasteiger partial charge in [0.05, 0.1) is 19.3 Å². The Balaban J connectivity index is 2.22. The van der Waals surface area contributed by atoms with E-state index in [4.69, 9.17) is 10.5 Å². The topological polar surface area (TPSA) is 102 Å². The van der Waals surface area contributed by atoms with Crippen LogP contribution in [0.5, 0.6) is 0 Å². The highest BCUT2D eigenvalue weighted by molar-refractivity contribution is 9.10. The van der Waals surface area contributed by atoms with Gasteiger partial charge in [-0.2, -0.15) is 0 Å². The van der Waals surface area contributed by atoms with Crippen LogP contribution in [0.4, 0.5) is 5.69 Å². The van der Waals surface area contributed by atoms with E-state index in [1.54, 1.807) is 25.1 Å². The number of hydrogen-bond acceptors (Lipinski definition) is 4. The highest BCUT2D eigenvalue weighted by Crippen LogP contribution is 2.33. The minimum Gasteiger partial charge on any atom is -0.481 e. The average molecular weight is 343 g/mol. The average Bonchev–Trinajstić information content (AvgIpc) is 2.74. The van der Waals surface area contributed by atoms with Crippen molar-refractivity contribution in [1.82, 2.24) is 0 Å². The number of rotatable bonds is 4. The lowest BCUT2D eigenvalue weighted by atomic mass is 9.85. The molecule has 1 saturated heterocycles. The lowest BCUT2D eigenvalue weighted by molar-refractivity contribution is -0.148. The smallest absolute Gasteiger partial charge is 0.313 e. The Morgan fingerprint density at radius 2 is 2.25 bits per heavy atom. The Bertz CT molecular complexity index is 563. The number of carbonyl (C=O) groups excluding carboxylic acids is 1. The molecular formula is C13H15BrN2O4. The summed E-state index contributed by atoms with van der Waals surface area (Å²) >= 11 is 3.34. The second-order valence-electron chi connectivity index (χ2n) is 4.99. The lowest BCUT2D eigenvalue weighted by Crippen LogP contribution is -2.43. The van der Waals surface area contributed by atoms with Gasteiger partial charge >= 0.3 is 5.97 Å². The van der Waals surface area contributed by atoms with Crippen LogP contribution >= 0.6 is 15.9 Å². The van der Waals surface area contributed by atoms with Crippen LogP contribution in [0.1, 0.15) is 17.3 Å². The summed E-state index contributed by atoms with van der Waals surface area (Å²) < 4.78 is 5.92. The van der Waals surface area contributed by atoms with E-state index in [9.17, 15) is 14.7 Å². The monoisotopic (exact) mass is 342 g/mol. The lowest BCUT2D eigenvalue weighted by Gasteiger charge is -2.26. The van der Waals surface area contributed by atoms with Crippen molar-refractivity contribution in [1.29, 1.82) is 0 Å². The summed E-state index contributed by atoms with van der Waals surface area (Å²) in [6.45, 7) is 2.12. The van der Waals surface area contributed by atoms with Crippen LogP contribution < -0.4 is 11.1 Å². The van der Waals surface area contributed by atoms with Gasteiger partial charge in [-0.3, -0.25) is 9.59 Å². The van der Waals surface area contributed by atoms with Gasteiger partial charge in [0.25, 0.3) is 0 Å². The molecule has 0 spiro atoms. The molecule has 1 aromatic rings. The zero-order valence-corrected chi connectivity index (χ0v) is 12.4. The number of primary amides is 1. The summed E-state index contributed by atoms with van der Waals surface area (Å²) in [7, 11) is 0. The van der Waals surface area contributed by atoms with Crippen molar-refractivity contribution in [2.75, 3.05) is 18.5 Å². The van der Waals surface area contributed by atoms with Gasteiger partial charge < -0.3 is 20.9 Å². The number of halogens is 1. The molecule has 1 aromatic carbocycles. The quantitative estimate of drug-likeness (QED) is 0.768. The summed E-state index contributed by atoms with van der Waals surface area (Å²) in [5.41, 5.74) is 5.29. The van der Waals surface area contributed by atoms with E-state index in [-0.39, 0.29) is 12.6 Å². The van der Waals surface area contributed by atoms with Crippen molar-refractivity contribution in [2.24, 2.45) is 11.1 Å². The molecule has 4 N–H and O–H groups in total. The van der Waals surface area contributed by atoms with Crippen molar-refractivity contribution in [3.05, 3.63) is 28.2 Å². The third kappa shape index (κ3) is 2.64. The van der Waals surface area contributed by atoms with E-state index in [1.165, 1.54) is 0 Å². The Labute approximate surface area is 124 Å². The molecular weight excluding hydrogens is 328 g/mol. The summed E-state index contributed by atoms with van der Waals surface area (Å²) in [6.07, 6.45) is 0.